The molecule has 166 valence electrons. The summed E-state index contributed by atoms with van der Waals surface area (Å²) >= 11 is 0. The molecule has 1 fully saturated rings. The van der Waals surface area contributed by atoms with E-state index >= 15 is 0 Å². The van der Waals surface area contributed by atoms with Crippen LogP contribution in [0.5, 0.6) is 17.2 Å². The minimum Gasteiger partial charge on any atom is -0.491 e. The van der Waals surface area contributed by atoms with E-state index in [1.165, 1.54) is 6.92 Å². The first kappa shape index (κ1) is 21.7. The van der Waals surface area contributed by atoms with Gasteiger partial charge in [0, 0.05) is 6.92 Å². The molecule has 0 saturated carbocycles. The highest BCUT2D eigenvalue weighted by molar-refractivity contribution is 5.66. The summed E-state index contributed by atoms with van der Waals surface area (Å²) in [6.45, 7) is 3.35. The van der Waals surface area contributed by atoms with Crippen LogP contribution in [-0.2, 0) is 14.3 Å². The second-order valence-corrected chi connectivity index (χ2v) is 7.69. The van der Waals surface area contributed by atoms with Gasteiger partial charge in [0.2, 0.25) is 11.9 Å². The normalized spacial score (nSPS) is 24.5. The number of rotatable bonds is 8. The molecular weight excluding hydrogens is 408 g/mol. The smallest absolute Gasteiger partial charge is 0.305 e. The molecular formula is C26H26O6. The summed E-state index contributed by atoms with van der Waals surface area (Å²) in [6.07, 6.45) is -2.18. The summed E-state index contributed by atoms with van der Waals surface area (Å²) in [5.41, 5.74) is -1.13. The number of carbonyl (C=O) groups excluding carboxylic acids is 1. The number of carbonyl (C=O) groups is 1. The van der Waals surface area contributed by atoms with Crippen molar-refractivity contribution in [2.24, 2.45) is 0 Å². The molecule has 0 N–H and O–H groups in total. The second kappa shape index (κ2) is 9.75. The highest BCUT2D eigenvalue weighted by atomic mass is 16.7. The Labute approximate surface area is 187 Å². The maximum absolute atomic E-state index is 11.9. The predicted octanol–water partition coefficient (Wildman–Crippen LogP) is 4.64. The molecule has 1 heterocycles. The van der Waals surface area contributed by atoms with E-state index in [0.717, 1.165) is 0 Å². The second-order valence-electron chi connectivity index (χ2n) is 7.69. The van der Waals surface area contributed by atoms with Crippen molar-refractivity contribution in [1.29, 1.82) is 0 Å². The van der Waals surface area contributed by atoms with E-state index in [0.29, 0.717) is 17.2 Å². The average molecular weight is 434 g/mol. The molecule has 0 radical (unpaired) electrons. The van der Waals surface area contributed by atoms with Gasteiger partial charge in [-0.1, -0.05) is 54.6 Å². The Hall–Kier alpha value is -3.51. The van der Waals surface area contributed by atoms with Gasteiger partial charge in [-0.15, -0.1) is 0 Å². The molecule has 1 saturated heterocycles. The van der Waals surface area contributed by atoms with Crippen LogP contribution in [0.2, 0.25) is 0 Å². The van der Waals surface area contributed by atoms with Gasteiger partial charge in [0.1, 0.15) is 30.0 Å². The number of hydrogen-bond donors (Lipinski definition) is 0. The van der Waals surface area contributed by atoms with E-state index in [4.69, 9.17) is 23.7 Å². The highest BCUT2D eigenvalue weighted by Crippen LogP contribution is 2.39. The van der Waals surface area contributed by atoms with Gasteiger partial charge < -0.3 is 23.7 Å². The summed E-state index contributed by atoms with van der Waals surface area (Å²) in [4.78, 5) is 11.9. The van der Waals surface area contributed by atoms with Crippen LogP contribution < -0.4 is 14.2 Å². The van der Waals surface area contributed by atoms with Crippen LogP contribution in [0, 0.1) is 0 Å². The Morgan fingerprint density at radius 1 is 0.844 bits per heavy atom. The molecule has 32 heavy (non-hydrogen) atoms. The van der Waals surface area contributed by atoms with Gasteiger partial charge in [-0.3, -0.25) is 4.79 Å². The fourth-order valence-electron chi connectivity index (χ4n) is 3.67. The molecule has 6 heteroatoms. The van der Waals surface area contributed by atoms with Crippen molar-refractivity contribution in [2.45, 2.75) is 37.9 Å². The first-order valence-electron chi connectivity index (χ1n) is 10.5. The predicted molar refractivity (Wildman–Crippen MR) is 119 cm³/mol. The van der Waals surface area contributed by atoms with Crippen LogP contribution in [-0.4, -0.2) is 36.7 Å². The molecule has 4 rings (SSSR count). The molecule has 4 atom stereocenters. The first-order valence-corrected chi connectivity index (χ1v) is 10.5. The fraction of sp³-hybridized carbons (Fsp3) is 0.269. The molecule has 0 aliphatic carbocycles. The van der Waals surface area contributed by atoms with Gasteiger partial charge in [0.25, 0.3) is 0 Å². The van der Waals surface area contributed by atoms with E-state index in [1.807, 2.05) is 97.9 Å². The van der Waals surface area contributed by atoms with Gasteiger partial charge in [-0.05, 0) is 43.3 Å². The van der Waals surface area contributed by atoms with Crippen LogP contribution >= 0.6 is 0 Å². The number of esters is 1. The quantitative estimate of drug-likeness (QED) is 0.482. The van der Waals surface area contributed by atoms with E-state index in [2.05, 4.69) is 0 Å². The summed E-state index contributed by atoms with van der Waals surface area (Å²) in [7, 11) is 0. The molecule has 6 nitrogen and oxygen atoms in total. The monoisotopic (exact) mass is 434 g/mol. The molecule has 0 unspecified atom stereocenters. The van der Waals surface area contributed by atoms with E-state index in [1.54, 1.807) is 0 Å². The molecule has 1 aliphatic heterocycles. The van der Waals surface area contributed by atoms with Gasteiger partial charge in [-0.2, -0.15) is 0 Å². The van der Waals surface area contributed by atoms with E-state index in [-0.39, 0.29) is 6.61 Å². The Morgan fingerprint density at radius 3 is 1.94 bits per heavy atom. The molecule has 0 amide bonds. The zero-order valence-corrected chi connectivity index (χ0v) is 18.0. The van der Waals surface area contributed by atoms with Gasteiger partial charge in [-0.25, -0.2) is 0 Å². The van der Waals surface area contributed by atoms with Gasteiger partial charge in [0.15, 0.2) is 6.10 Å². The van der Waals surface area contributed by atoms with Crippen molar-refractivity contribution in [3.05, 3.63) is 91.0 Å². The summed E-state index contributed by atoms with van der Waals surface area (Å²) in [6, 6.07) is 28.2. The number of ether oxygens (including phenoxy) is 5. The fourth-order valence-corrected chi connectivity index (χ4v) is 3.67. The highest BCUT2D eigenvalue weighted by Gasteiger charge is 2.60. The van der Waals surface area contributed by atoms with E-state index in [9.17, 15) is 4.79 Å². The Morgan fingerprint density at radius 2 is 1.38 bits per heavy atom. The molecule has 3 aromatic carbocycles. The molecule has 0 spiro atoms. The van der Waals surface area contributed by atoms with Gasteiger partial charge >= 0.3 is 5.97 Å². The maximum Gasteiger partial charge on any atom is 0.305 e. The minimum atomic E-state index is -1.13. The molecule has 0 aromatic heterocycles. The third-order valence-electron chi connectivity index (χ3n) is 5.19. The van der Waals surface area contributed by atoms with Crippen molar-refractivity contribution in [1.82, 2.24) is 0 Å². The van der Waals surface area contributed by atoms with Crippen LogP contribution in [0.15, 0.2) is 91.0 Å². The van der Waals surface area contributed by atoms with Crippen LogP contribution in [0.3, 0.4) is 0 Å². The average Bonchev–Trinajstić information content (AvgIpc) is 3.04. The first-order chi connectivity index (χ1) is 15.5. The lowest BCUT2D eigenvalue weighted by Gasteiger charge is -2.35. The van der Waals surface area contributed by atoms with Crippen LogP contribution in [0.1, 0.15) is 13.8 Å². The third-order valence-corrected chi connectivity index (χ3v) is 5.19. The Bertz CT molecular complexity index is 995. The van der Waals surface area contributed by atoms with Crippen molar-refractivity contribution in [2.75, 3.05) is 6.61 Å². The zero-order valence-electron chi connectivity index (χ0n) is 18.0. The topological polar surface area (TPSA) is 63.2 Å². The van der Waals surface area contributed by atoms with E-state index < -0.39 is 30.1 Å². The Kier molecular flexibility index (Phi) is 6.61. The van der Waals surface area contributed by atoms with Crippen molar-refractivity contribution >= 4 is 5.97 Å². The third kappa shape index (κ3) is 5.03. The molecule has 0 bridgehead atoms. The SMILES string of the molecule is CC(=O)O[C@@H]1O[C@H](COc2ccccc2)[C@@H](Oc2ccccc2)[C@@]1(C)Oc1ccccc1. The maximum atomic E-state index is 11.9. The summed E-state index contributed by atoms with van der Waals surface area (Å²) in [5, 5.41) is 0. The molecule has 3 aromatic rings. The Balaban J connectivity index is 1.65. The summed E-state index contributed by atoms with van der Waals surface area (Å²) in [5.74, 6) is 1.50. The van der Waals surface area contributed by atoms with Gasteiger partial charge in [0.05, 0.1) is 0 Å². The summed E-state index contributed by atoms with van der Waals surface area (Å²) < 4.78 is 30.3. The lowest BCUT2D eigenvalue weighted by atomic mass is 9.96. The number of benzene rings is 3. The molecule has 1 aliphatic rings. The van der Waals surface area contributed by atoms with Crippen LogP contribution in [0.25, 0.3) is 0 Å². The number of para-hydroxylation sites is 3. The minimum absolute atomic E-state index is 0.188. The van der Waals surface area contributed by atoms with Crippen molar-refractivity contribution in [3.8, 4) is 17.2 Å². The number of hydrogen-bond acceptors (Lipinski definition) is 6. The van der Waals surface area contributed by atoms with Crippen molar-refractivity contribution < 1.29 is 28.5 Å². The standard InChI is InChI=1S/C26H26O6/c1-19(27)29-25-26(2,32-22-16-10-5-11-17-22)24(30-21-14-8-4-9-15-21)23(31-25)18-28-20-12-6-3-7-13-20/h3-17,23-25H,18H2,1-2H3/t23-,24-,25-,26-/m1/s1. The lowest BCUT2D eigenvalue weighted by Crippen LogP contribution is -2.54. The largest absolute Gasteiger partial charge is 0.491 e. The van der Waals surface area contributed by atoms with Crippen LogP contribution in [0.4, 0.5) is 0 Å². The zero-order chi connectivity index (χ0) is 22.4. The van der Waals surface area contributed by atoms with Crippen molar-refractivity contribution in [3.63, 3.8) is 0 Å². The lowest BCUT2D eigenvalue weighted by molar-refractivity contribution is -0.199.